The van der Waals surface area contributed by atoms with Gasteiger partial charge in [-0.3, -0.25) is 9.59 Å². The van der Waals surface area contributed by atoms with Crippen molar-refractivity contribution in [3.05, 3.63) is 0 Å². The summed E-state index contributed by atoms with van der Waals surface area (Å²) in [6.45, 7) is 6.90. The van der Waals surface area contributed by atoms with Crippen molar-refractivity contribution < 1.29 is 22.8 Å². The van der Waals surface area contributed by atoms with E-state index in [0.29, 0.717) is 12.8 Å². The Bertz CT molecular complexity index is 326. The smallest absolute Gasteiger partial charge is 0.299 e. The second kappa shape index (κ2) is 5.41. The van der Waals surface area contributed by atoms with Gasteiger partial charge in [0.1, 0.15) is 11.2 Å². The van der Waals surface area contributed by atoms with E-state index in [9.17, 15) is 22.8 Å². The number of hydrogen-bond donors (Lipinski definition) is 0. The molecule has 0 N–H and O–H groups in total. The zero-order valence-electron chi connectivity index (χ0n) is 11.6. The quantitative estimate of drug-likeness (QED) is 0.683. The fraction of sp³-hybridized carbons (Fsp3) is 0.846. The summed E-state index contributed by atoms with van der Waals surface area (Å²) in [6.07, 6.45) is -4.24. The van der Waals surface area contributed by atoms with Gasteiger partial charge in [-0.25, -0.2) is 0 Å². The minimum absolute atomic E-state index is 0.408. The zero-order valence-corrected chi connectivity index (χ0v) is 11.6. The molecule has 0 aliphatic carbocycles. The normalized spacial score (nSPS) is 13.6. The van der Waals surface area contributed by atoms with Crippen LogP contribution in [0.5, 0.6) is 0 Å². The summed E-state index contributed by atoms with van der Waals surface area (Å²) in [7, 11) is 0. The van der Waals surface area contributed by atoms with Crippen LogP contribution in [-0.2, 0) is 9.59 Å². The van der Waals surface area contributed by atoms with Crippen LogP contribution in [0.25, 0.3) is 0 Å². The van der Waals surface area contributed by atoms with Gasteiger partial charge < -0.3 is 0 Å². The standard InChI is InChI=1S/C13H21F3O2/c1-6-12(5,7-2)10(18)8-9(17)11(3,4)13(14,15)16/h6-8H2,1-5H3. The summed E-state index contributed by atoms with van der Waals surface area (Å²) in [5, 5.41) is 0. The number of carbonyl (C=O) groups excluding carboxylic acids is 2. The first-order valence-corrected chi connectivity index (χ1v) is 6.05. The Morgan fingerprint density at radius 1 is 0.889 bits per heavy atom. The lowest BCUT2D eigenvalue weighted by Crippen LogP contribution is -2.42. The number of rotatable bonds is 6. The van der Waals surface area contributed by atoms with Crippen LogP contribution in [-0.4, -0.2) is 17.7 Å². The summed E-state index contributed by atoms with van der Waals surface area (Å²) in [5.41, 5.74) is -3.18. The Balaban J connectivity index is 4.95. The molecule has 106 valence electrons. The van der Waals surface area contributed by atoms with Crippen LogP contribution in [0.3, 0.4) is 0 Å². The molecule has 0 unspecified atom stereocenters. The predicted octanol–water partition coefficient (Wildman–Crippen LogP) is 3.93. The van der Waals surface area contributed by atoms with E-state index in [2.05, 4.69) is 0 Å². The number of ketones is 2. The maximum atomic E-state index is 12.7. The van der Waals surface area contributed by atoms with Crippen molar-refractivity contribution in [3.8, 4) is 0 Å². The molecule has 0 saturated carbocycles. The molecule has 0 aliphatic heterocycles. The molecule has 18 heavy (non-hydrogen) atoms. The lowest BCUT2D eigenvalue weighted by molar-refractivity contribution is -0.210. The van der Waals surface area contributed by atoms with Gasteiger partial charge in [0.05, 0.1) is 6.42 Å². The number of halogens is 3. The molecule has 0 rings (SSSR count). The van der Waals surface area contributed by atoms with Crippen molar-refractivity contribution in [1.29, 1.82) is 0 Å². The lowest BCUT2D eigenvalue weighted by Gasteiger charge is -2.29. The van der Waals surface area contributed by atoms with Crippen molar-refractivity contribution >= 4 is 11.6 Å². The van der Waals surface area contributed by atoms with E-state index in [1.54, 1.807) is 20.8 Å². The number of hydrogen-bond acceptors (Lipinski definition) is 2. The van der Waals surface area contributed by atoms with Crippen molar-refractivity contribution in [3.63, 3.8) is 0 Å². The van der Waals surface area contributed by atoms with Crippen molar-refractivity contribution in [2.24, 2.45) is 10.8 Å². The molecular weight excluding hydrogens is 245 g/mol. The van der Waals surface area contributed by atoms with Gasteiger partial charge in [-0.1, -0.05) is 20.8 Å². The number of alkyl halides is 3. The summed E-state index contributed by atoms with van der Waals surface area (Å²) in [4.78, 5) is 23.6. The molecule has 0 heterocycles. The van der Waals surface area contributed by atoms with E-state index >= 15 is 0 Å². The van der Waals surface area contributed by atoms with Gasteiger partial charge in [-0.15, -0.1) is 0 Å². The second-order valence-electron chi connectivity index (χ2n) is 5.41. The highest BCUT2D eigenvalue weighted by Crippen LogP contribution is 2.40. The van der Waals surface area contributed by atoms with Crippen LogP contribution in [0.4, 0.5) is 13.2 Å². The zero-order chi connectivity index (χ0) is 14.8. The third-order valence-corrected chi connectivity index (χ3v) is 3.96. The van der Waals surface area contributed by atoms with Gasteiger partial charge in [0.2, 0.25) is 0 Å². The van der Waals surface area contributed by atoms with E-state index < -0.39 is 35.0 Å². The van der Waals surface area contributed by atoms with Crippen LogP contribution < -0.4 is 0 Å². The monoisotopic (exact) mass is 266 g/mol. The molecule has 0 aromatic heterocycles. The van der Waals surface area contributed by atoms with Crippen molar-refractivity contribution in [1.82, 2.24) is 0 Å². The van der Waals surface area contributed by atoms with Gasteiger partial charge >= 0.3 is 6.18 Å². The average Bonchev–Trinajstić information content (AvgIpc) is 2.26. The van der Waals surface area contributed by atoms with Gasteiger partial charge in [0, 0.05) is 5.41 Å². The van der Waals surface area contributed by atoms with Gasteiger partial charge in [-0.05, 0) is 26.7 Å². The minimum Gasteiger partial charge on any atom is -0.299 e. The SMILES string of the molecule is CCC(C)(CC)C(=O)CC(=O)C(C)(C)C(F)(F)F. The van der Waals surface area contributed by atoms with Gasteiger partial charge in [0.25, 0.3) is 0 Å². The molecule has 0 bridgehead atoms. The molecule has 0 amide bonds. The van der Waals surface area contributed by atoms with Crippen LogP contribution in [0.15, 0.2) is 0 Å². The first-order valence-electron chi connectivity index (χ1n) is 6.05. The van der Waals surface area contributed by atoms with Gasteiger partial charge in [-0.2, -0.15) is 13.2 Å². The molecule has 0 fully saturated rings. The summed E-state index contributed by atoms with van der Waals surface area (Å²) >= 11 is 0. The Morgan fingerprint density at radius 2 is 1.28 bits per heavy atom. The predicted molar refractivity (Wildman–Crippen MR) is 63.2 cm³/mol. The van der Waals surface area contributed by atoms with E-state index in [-0.39, 0.29) is 0 Å². The Kier molecular flexibility index (Phi) is 5.15. The van der Waals surface area contributed by atoms with Crippen molar-refractivity contribution in [2.75, 3.05) is 0 Å². The van der Waals surface area contributed by atoms with Crippen LogP contribution >= 0.6 is 0 Å². The Hall–Kier alpha value is -0.870. The Morgan fingerprint density at radius 3 is 1.56 bits per heavy atom. The summed E-state index contributed by atoms with van der Waals surface area (Å²) in [5.74, 6) is -1.47. The van der Waals surface area contributed by atoms with E-state index in [4.69, 9.17) is 0 Å². The van der Waals surface area contributed by atoms with Gasteiger partial charge in [0.15, 0.2) is 5.78 Å². The van der Waals surface area contributed by atoms with E-state index in [0.717, 1.165) is 13.8 Å². The van der Waals surface area contributed by atoms with E-state index in [1.165, 1.54) is 0 Å². The third-order valence-electron chi connectivity index (χ3n) is 3.96. The lowest BCUT2D eigenvalue weighted by atomic mass is 9.75. The largest absolute Gasteiger partial charge is 0.400 e. The molecule has 2 nitrogen and oxygen atoms in total. The molecule has 0 saturated heterocycles. The molecule has 0 aromatic carbocycles. The first kappa shape index (κ1) is 17.1. The number of Topliss-reactive ketones (excluding diaryl/α,β-unsaturated/α-hetero) is 2. The summed E-state index contributed by atoms with van der Waals surface area (Å²) in [6, 6.07) is 0. The molecule has 5 heteroatoms. The highest BCUT2D eigenvalue weighted by atomic mass is 19.4. The molecule has 0 aliphatic rings. The Labute approximate surface area is 106 Å². The molecule has 0 spiro atoms. The average molecular weight is 266 g/mol. The molecule has 0 radical (unpaired) electrons. The molecular formula is C13H21F3O2. The highest BCUT2D eigenvalue weighted by molar-refractivity contribution is 6.03. The molecule has 0 atom stereocenters. The summed E-state index contributed by atoms with van der Waals surface area (Å²) < 4.78 is 38.0. The maximum Gasteiger partial charge on any atom is 0.400 e. The van der Waals surface area contributed by atoms with Crippen LogP contribution in [0.2, 0.25) is 0 Å². The minimum atomic E-state index is -4.63. The fourth-order valence-electron chi connectivity index (χ4n) is 1.38. The van der Waals surface area contributed by atoms with Crippen LogP contribution in [0.1, 0.15) is 53.9 Å². The highest BCUT2D eigenvalue weighted by Gasteiger charge is 2.53. The topological polar surface area (TPSA) is 34.1 Å². The maximum absolute atomic E-state index is 12.7. The molecule has 0 aromatic rings. The number of carbonyl (C=O) groups is 2. The fourth-order valence-corrected chi connectivity index (χ4v) is 1.38. The third kappa shape index (κ3) is 3.33. The first-order chi connectivity index (χ1) is 7.92. The van der Waals surface area contributed by atoms with Crippen molar-refractivity contribution in [2.45, 2.75) is 60.1 Å². The second-order valence-corrected chi connectivity index (χ2v) is 5.41. The van der Waals surface area contributed by atoms with E-state index in [1.807, 2.05) is 0 Å². The van der Waals surface area contributed by atoms with Crippen LogP contribution in [0, 0.1) is 10.8 Å².